The second kappa shape index (κ2) is 6.33. The van der Waals surface area contributed by atoms with Crippen LogP contribution in [0.3, 0.4) is 0 Å². The molecular formula is C15H17BrN2O2. The minimum atomic E-state index is -0.0250. The number of carbonyl (C=O) groups is 1. The largest absolute Gasteiger partial charge is 0.383 e. The molecule has 1 aromatic carbocycles. The second-order valence-corrected chi connectivity index (χ2v) is 5.56. The van der Waals surface area contributed by atoms with Crippen LogP contribution in [0.4, 0.5) is 0 Å². The molecule has 2 aromatic rings. The van der Waals surface area contributed by atoms with Crippen molar-refractivity contribution in [2.45, 2.75) is 20.4 Å². The van der Waals surface area contributed by atoms with E-state index in [0.717, 1.165) is 11.1 Å². The van der Waals surface area contributed by atoms with Crippen LogP contribution >= 0.6 is 15.9 Å². The van der Waals surface area contributed by atoms with E-state index in [4.69, 9.17) is 4.74 Å². The number of hydrogen-bond donors (Lipinski definition) is 0. The first kappa shape index (κ1) is 14.9. The zero-order chi connectivity index (χ0) is 14.7. The van der Waals surface area contributed by atoms with Crippen LogP contribution < -0.4 is 0 Å². The molecule has 0 fully saturated rings. The average molecular weight is 337 g/mol. The molecular weight excluding hydrogens is 320 g/mol. The van der Waals surface area contributed by atoms with Crippen molar-refractivity contribution < 1.29 is 9.53 Å². The molecule has 0 radical (unpaired) electrons. The number of ether oxygens (including phenoxy) is 1. The van der Waals surface area contributed by atoms with Crippen molar-refractivity contribution in [3.05, 3.63) is 51.3 Å². The van der Waals surface area contributed by atoms with Gasteiger partial charge < -0.3 is 4.74 Å². The number of benzene rings is 1. The number of aromatic nitrogens is 2. The summed E-state index contributed by atoms with van der Waals surface area (Å²) in [5, 5.41) is 4.22. The number of ketones is 1. The molecule has 0 atom stereocenters. The maximum atomic E-state index is 12.7. The minimum Gasteiger partial charge on any atom is -0.383 e. The number of halogens is 1. The van der Waals surface area contributed by atoms with E-state index in [1.165, 1.54) is 0 Å². The molecule has 0 unspecified atom stereocenters. The van der Waals surface area contributed by atoms with Crippen molar-refractivity contribution in [2.75, 3.05) is 13.7 Å². The SMILES string of the molecule is COCCn1ncc(Br)c1C(=O)c1ccc(C)cc1C. The van der Waals surface area contributed by atoms with Crippen LogP contribution in [-0.2, 0) is 11.3 Å². The minimum absolute atomic E-state index is 0.0250. The van der Waals surface area contributed by atoms with Crippen molar-refractivity contribution in [2.24, 2.45) is 0 Å². The summed E-state index contributed by atoms with van der Waals surface area (Å²) in [4.78, 5) is 12.7. The lowest BCUT2D eigenvalue weighted by Gasteiger charge is -2.09. The molecule has 0 aliphatic carbocycles. The third kappa shape index (κ3) is 2.99. The van der Waals surface area contributed by atoms with Gasteiger partial charge in [0.05, 0.1) is 23.8 Å². The highest BCUT2D eigenvalue weighted by Crippen LogP contribution is 2.22. The van der Waals surface area contributed by atoms with Crippen LogP contribution in [0.1, 0.15) is 27.2 Å². The fourth-order valence-electron chi connectivity index (χ4n) is 2.13. The van der Waals surface area contributed by atoms with Gasteiger partial charge in [-0.1, -0.05) is 23.8 Å². The Kier molecular flexibility index (Phi) is 4.73. The van der Waals surface area contributed by atoms with Crippen molar-refractivity contribution in [1.82, 2.24) is 9.78 Å². The van der Waals surface area contributed by atoms with Gasteiger partial charge in [-0.2, -0.15) is 5.10 Å². The molecule has 0 amide bonds. The van der Waals surface area contributed by atoms with E-state index in [1.54, 1.807) is 18.0 Å². The molecule has 4 nitrogen and oxygen atoms in total. The van der Waals surface area contributed by atoms with E-state index in [-0.39, 0.29) is 5.78 Å². The van der Waals surface area contributed by atoms with Crippen LogP contribution in [-0.4, -0.2) is 29.3 Å². The fourth-order valence-corrected chi connectivity index (χ4v) is 2.61. The smallest absolute Gasteiger partial charge is 0.212 e. The lowest BCUT2D eigenvalue weighted by atomic mass is 10.0. The molecule has 0 aliphatic heterocycles. The zero-order valence-electron chi connectivity index (χ0n) is 11.8. The molecule has 0 bridgehead atoms. The van der Waals surface area contributed by atoms with E-state index in [2.05, 4.69) is 21.0 Å². The first-order chi connectivity index (χ1) is 9.54. The highest BCUT2D eigenvalue weighted by molar-refractivity contribution is 9.10. The third-order valence-corrected chi connectivity index (χ3v) is 3.72. The number of aryl methyl sites for hydroxylation is 2. The van der Waals surface area contributed by atoms with Gasteiger partial charge in [-0.15, -0.1) is 0 Å². The Morgan fingerprint density at radius 3 is 2.80 bits per heavy atom. The fraction of sp³-hybridized carbons (Fsp3) is 0.333. The molecule has 0 aliphatic rings. The van der Waals surface area contributed by atoms with Crippen LogP contribution in [0.2, 0.25) is 0 Å². The van der Waals surface area contributed by atoms with Gasteiger partial charge in [-0.05, 0) is 35.3 Å². The standard InChI is InChI=1S/C15H17BrN2O2/c1-10-4-5-12(11(2)8-10)15(19)14-13(16)9-17-18(14)6-7-20-3/h4-5,8-9H,6-7H2,1-3H3. The third-order valence-electron chi connectivity index (χ3n) is 3.14. The van der Waals surface area contributed by atoms with Gasteiger partial charge in [-0.25, -0.2) is 0 Å². The zero-order valence-corrected chi connectivity index (χ0v) is 13.4. The topological polar surface area (TPSA) is 44.1 Å². The summed E-state index contributed by atoms with van der Waals surface area (Å²) in [6.45, 7) is 5.03. The highest BCUT2D eigenvalue weighted by Gasteiger charge is 2.20. The first-order valence-electron chi connectivity index (χ1n) is 6.36. The average Bonchev–Trinajstić information content (AvgIpc) is 2.77. The molecule has 2 rings (SSSR count). The molecule has 20 heavy (non-hydrogen) atoms. The number of hydrogen-bond acceptors (Lipinski definition) is 3. The van der Waals surface area contributed by atoms with Gasteiger partial charge >= 0.3 is 0 Å². The number of methoxy groups -OCH3 is 1. The molecule has 0 spiro atoms. The van der Waals surface area contributed by atoms with Gasteiger partial charge in [0.15, 0.2) is 0 Å². The molecule has 0 saturated carbocycles. The van der Waals surface area contributed by atoms with Crippen LogP contribution in [0.5, 0.6) is 0 Å². The number of nitrogens with zero attached hydrogens (tertiary/aromatic N) is 2. The summed E-state index contributed by atoms with van der Waals surface area (Å²) in [6, 6.07) is 5.83. The van der Waals surface area contributed by atoms with Crippen molar-refractivity contribution >= 4 is 21.7 Å². The molecule has 1 heterocycles. The summed E-state index contributed by atoms with van der Waals surface area (Å²) in [5.74, 6) is -0.0250. The maximum absolute atomic E-state index is 12.7. The Balaban J connectivity index is 2.40. The van der Waals surface area contributed by atoms with E-state index in [0.29, 0.717) is 28.9 Å². The Hall–Kier alpha value is -1.46. The van der Waals surface area contributed by atoms with Crippen LogP contribution in [0.25, 0.3) is 0 Å². The second-order valence-electron chi connectivity index (χ2n) is 4.70. The van der Waals surface area contributed by atoms with Crippen molar-refractivity contribution in [3.63, 3.8) is 0 Å². The van der Waals surface area contributed by atoms with E-state index >= 15 is 0 Å². The Bertz CT molecular complexity index is 635. The van der Waals surface area contributed by atoms with Gasteiger partial charge in [-0.3, -0.25) is 9.48 Å². The quantitative estimate of drug-likeness (QED) is 0.788. The van der Waals surface area contributed by atoms with Crippen LogP contribution in [0, 0.1) is 13.8 Å². The summed E-state index contributed by atoms with van der Waals surface area (Å²) in [6.07, 6.45) is 1.65. The Morgan fingerprint density at radius 1 is 1.40 bits per heavy atom. The van der Waals surface area contributed by atoms with E-state index in [1.807, 2.05) is 32.0 Å². The maximum Gasteiger partial charge on any atom is 0.212 e. The van der Waals surface area contributed by atoms with Crippen molar-refractivity contribution in [1.29, 1.82) is 0 Å². The monoisotopic (exact) mass is 336 g/mol. The summed E-state index contributed by atoms with van der Waals surface area (Å²) in [7, 11) is 1.63. The molecule has 106 valence electrons. The van der Waals surface area contributed by atoms with Gasteiger partial charge in [0.1, 0.15) is 5.69 Å². The number of carbonyl (C=O) groups excluding carboxylic acids is 1. The molecule has 5 heteroatoms. The van der Waals surface area contributed by atoms with Gasteiger partial charge in [0, 0.05) is 12.7 Å². The summed E-state index contributed by atoms with van der Waals surface area (Å²) < 4.78 is 7.43. The predicted molar refractivity (Wildman–Crippen MR) is 81.2 cm³/mol. The lowest BCUT2D eigenvalue weighted by molar-refractivity contribution is 0.102. The Morgan fingerprint density at radius 2 is 2.15 bits per heavy atom. The highest BCUT2D eigenvalue weighted by atomic mass is 79.9. The van der Waals surface area contributed by atoms with E-state index < -0.39 is 0 Å². The molecule has 0 N–H and O–H groups in total. The van der Waals surface area contributed by atoms with Gasteiger partial charge in [0.2, 0.25) is 5.78 Å². The normalized spacial score (nSPS) is 10.8. The van der Waals surface area contributed by atoms with E-state index in [9.17, 15) is 4.79 Å². The van der Waals surface area contributed by atoms with Crippen LogP contribution in [0.15, 0.2) is 28.9 Å². The summed E-state index contributed by atoms with van der Waals surface area (Å²) in [5.41, 5.74) is 3.39. The van der Waals surface area contributed by atoms with Gasteiger partial charge in [0.25, 0.3) is 0 Å². The molecule has 1 aromatic heterocycles. The lowest BCUT2D eigenvalue weighted by Crippen LogP contribution is -2.15. The Labute approximate surface area is 126 Å². The number of rotatable bonds is 5. The first-order valence-corrected chi connectivity index (χ1v) is 7.16. The predicted octanol–water partition coefficient (Wildman–Crippen LogP) is 3.14. The molecule has 0 saturated heterocycles. The van der Waals surface area contributed by atoms with Crippen molar-refractivity contribution in [3.8, 4) is 0 Å². The summed E-state index contributed by atoms with van der Waals surface area (Å²) >= 11 is 3.40.